The second kappa shape index (κ2) is 15.9. The van der Waals surface area contributed by atoms with Crippen LogP contribution in [-0.4, -0.2) is 122 Å². The van der Waals surface area contributed by atoms with Gasteiger partial charge in [0.1, 0.15) is 48.8 Å². The van der Waals surface area contributed by atoms with Crippen LogP contribution >= 0.6 is 7.82 Å². The summed E-state index contributed by atoms with van der Waals surface area (Å²) in [6, 6.07) is 0. The summed E-state index contributed by atoms with van der Waals surface area (Å²) in [5.74, 6) is 0. The molecular formula is C22H41O14P. The fraction of sp³-hybridized carbons (Fsp3) is 0.909. The van der Waals surface area contributed by atoms with Crippen LogP contribution in [0.4, 0.5) is 0 Å². The van der Waals surface area contributed by atoms with Gasteiger partial charge in [-0.3, -0.25) is 9.05 Å². The molecule has 2 saturated heterocycles. The lowest BCUT2D eigenvalue weighted by Gasteiger charge is -2.45. The van der Waals surface area contributed by atoms with E-state index in [2.05, 4.69) is 6.58 Å². The highest BCUT2D eigenvalue weighted by Gasteiger charge is 2.51. The van der Waals surface area contributed by atoms with Gasteiger partial charge in [0.15, 0.2) is 12.6 Å². The molecule has 11 atom stereocenters. The minimum Gasteiger partial charge on any atom is -0.394 e. The predicted molar refractivity (Wildman–Crippen MR) is 126 cm³/mol. The standard InChI is InChI=1S/C22H41O14P/c1-2-3-4-5-6-7-8-9-10-32-37(30,31)36-22-19(29)17(27)20(14(12-24)34-22)35-21-18(28)16(26)15(25)13(11-23)33-21/h2,13-29H,1,3-12H2,(H,30,31)/t13-,14-,15+,16-,17-,18-,19+,20-,21+,22-/m1/s1. The van der Waals surface area contributed by atoms with Crippen LogP contribution in [0.25, 0.3) is 0 Å². The summed E-state index contributed by atoms with van der Waals surface area (Å²) in [6.45, 7) is 2.05. The zero-order valence-corrected chi connectivity index (χ0v) is 21.5. The first-order valence-corrected chi connectivity index (χ1v) is 13.9. The summed E-state index contributed by atoms with van der Waals surface area (Å²) < 4.78 is 38.1. The molecule has 8 N–H and O–H groups in total. The molecule has 2 aliphatic heterocycles. The van der Waals surface area contributed by atoms with Crippen LogP contribution in [0, 0.1) is 0 Å². The molecule has 0 aromatic carbocycles. The molecule has 218 valence electrons. The van der Waals surface area contributed by atoms with Crippen LogP contribution < -0.4 is 0 Å². The largest absolute Gasteiger partial charge is 0.474 e. The third-order valence-corrected chi connectivity index (χ3v) is 7.24. The predicted octanol–water partition coefficient (Wildman–Crippen LogP) is -1.34. The molecule has 0 saturated carbocycles. The first kappa shape index (κ1) is 32.7. The van der Waals surface area contributed by atoms with Crippen molar-refractivity contribution in [3.8, 4) is 0 Å². The van der Waals surface area contributed by atoms with E-state index in [1.54, 1.807) is 0 Å². The smallest absolute Gasteiger partial charge is 0.394 e. The molecule has 15 heteroatoms. The number of phosphoric acid groups is 1. The molecule has 0 aromatic heterocycles. The van der Waals surface area contributed by atoms with Crippen molar-refractivity contribution in [3.05, 3.63) is 12.7 Å². The molecule has 0 amide bonds. The minimum absolute atomic E-state index is 0.0852. The highest BCUT2D eigenvalue weighted by Crippen LogP contribution is 2.47. The lowest BCUT2D eigenvalue weighted by Crippen LogP contribution is -2.64. The van der Waals surface area contributed by atoms with Crippen molar-refractivity contribution in [2.24, 2.45) is 0 Å². The van der Waals surface area contributed by atoms with Gasteiger partial charge in [-0.05, 0) is 19.3 Å². The zero-order chi connectivity index (χ0) is 27.6. The van der Waals surface area contributed by atoms with Gasteiger partial charge in [0.05, 0.1) is 19.8 Å². The van der Waals surface area contributed by atoms with Crippen LogP contribution in [0.15, 0.2) is 12.7 Å². The summed E-state index contributed by atoms with van der Waals surface area (Å²) in [4.78, 5) is 10.0. The van der Waals surface area contributed by atoms with Gasteiger partial charge in [-0.1, -0.05) is 31.8 Å². The number of hydrogen-bond acceptors (Lipinski definition) is 13. The van der Waals surface area contributed by atoms with Crippen molar-refractivity contribution >= 4 is 7.82 Å². The van der Waals surface area contributed by atoms with Crippen molar-refractivity contribution < 1.29 is 68.5 Å². The molecule has 0 aliphatic carbocycles. The Labute approximate surface area is 215 Å². The van der Waals surface area contributed by atoms with E-state index in [-0.39, 0.29) is 6.61 Å². The Morgan fingerprint density at radius 3 is 1.95 bits per heavy atom. The Kier molecular flexibility index (Phi) is 14.0. The van der Waals surface area contributed by atoms with Crippen molar-refractivity contribution in [1.29, 1.82) is 0 Å². The molecule has 0 aromatic rings. The van der Waals surface area contributed by atoms with Gasteiger partial charge in [0, 0.05) is 0 Å². The maximum atomic E-state index is 12.3. The third-order valence-electron chi connectivity index (χ3n) is 6.25. The number of aliphatic hydroxyl groups is 7. The number of unbranched alkanes of at least 4 members (excludes halogenated alkanes) is 6. The van der Waals surface area contributed by atoms with E-state index in [1.165, 1.54) is 0 Å². The normalized spacial score (nSPS) is 38.3. The maximum absolute atomic E-state index is 12.3. The molecule has 2 aliphatic rings. The van der Waals surface area contributed by atoms with Crippen molar-refractivity contribution in [2.75, 3.05) is 19.8 Å². The third kappa shape index (κ3) is 9.55. The second-order valence-electron chi connectivity index (χ2n) is 9.11. The fourth-order valence-corrected chi connectivity index (χ4v) is 4.94. The number of rotatable bonds is 16. The van der Waals surface area contributed by atoms with Crippen LogP contribution in [0.5, 0.6) is 0 Å². The average Bonchev–Trinajstić information content (AvgIpc) is 2.87. The number of ether oxygens (including phenoxy) is 3. The Morgan fingerprint density at radius 1 is 0.757 bits per heavy atom. The van der Waals surface area contributed by atoms with E-state index in [9.17, 15) is 45.2 Å². The lowest BCUT2D eigenvalue weighted by molar-refractivity contribution is -0.353. The van der Waals surface area contributed by atoms with Gasteiger partial charge in [0.2, 0.25) is 0 Å². The highest BCUT2D eigenvalue weighted by molar-refractivity contribution is 7.47. The highest BCUT2D eigenvalue weighted by atomic mass is 31.2. The second-order valence-corrected chi connectivity index (χ2v) is 10.5. The van der Waals surface area contributed by atoms with Crippen LogP contribution in [0.3, 0.4) is 0 Å². The Morgan fingerprint density at radius 2 is 1.32 bits per heavy atom. The molecule has 0 spiro atoms. The Balaban J connectivity index is 1.87. The van der Waals surface area contributed by atoms with Gasteiger partial charge in [0.25, 0.3) is 0 Å². The number of allylic oxidation sites excluding steroid dienone is 1. The fourth-order valence-electron chi connectivity index (χ4n) is 4.08. The van der Waals surface area contributed by atoms with Gasteiger partial charge >= 0.3 is 7.82 Å². The number of aliphatic hydroxyl groups excluding tert-OH is 7. The molecule has 0 bridgehead atoms. The molecule has 37 heavy (non-hydrogen) atoms. The monoisotopic (exact) mass is 560 g/mol. The molecule has 2 fully saturated rings. The topological polar surface area (TPSA) is 225 Å². The molecule has 14 nitrogen and oxygen atoms in total. The first-order valence-electron chi connectivity index (χ1n) is 12.4. The molecular weight excluding hydrogens is 519 g/mol. The molecule has 2 rings (SSSR count). The lowest BCUT2D eigenvalue weighted by atomic mass is 9.97. The minimum atomic E-state index is -4.71. The van der Waals surface area contributed by atoms with Gasteiger partial charge < -0.3 is 54.8 Å². The quantitative estimate of drug-likeness (QED) is 0.0621. The van der Waals surface area contributed by atoms with E-state index in [0.29, 0.717) is 6.42 Å². The van der Waals surface area contributed by atoms with Gasteiger partial charge in [-0.2, -0.15) is 0 Å². The van der Waals surface area contributed by atoms with Gasteiger partial charge in [-0.15, -0.1) is 6.58 Å². The van der Waals surface area contributed by atoms with Crippen LogP contribution in [0.2, 0.25) is 0 Å². The van der Waals surface area contributed by atoms with E-state index < -0.39 is 82.4 Å². The summed E-state index contributed by atoms with van der Waals surface area (Å²) in [6.07, 6.45) is -8.69. The van der Waals surface area contributed by atoms with E-state index in [0.717, 1.165) is 38.5 Å². The van der Waals surface area contributed by atoms with Crippen molar-refractivity contribution in [1.82, 2.24) is 0 Å². The summed E-state index contributed by atoms with van der Waals surface area (Å²) in [7, 11) is -4.71. The number of phosphoric ester groups is 1. The average molecular weight is 561 g/mol. The number of hydrogen-bond donors (Lipinski definition) is 8. The molecule has 0 radical (unpaired) electrons. The summed E-state index contributed by atoms with van der Waals surface area (Å²) in [5, 5.41) is 69.9. The van der Waals surface area contributed by atoms with Gasteiger partial charge in [-0.25, -0.2) is 4.57 Å². The zero-order valence-electron chi connectivity index (χ0n) is 20.6. The maximum Gasteiger partial charge on any atom is 0.474 e. The molecule has 1 unspecified atom stereocenters. The SMILES string of the molecule is C=CCCCCCCCCOP(=O)(O)O[C@H]1O[C@H](CO)[C@@H](O[C@@H]2O[C@H](CO)[C@H](O)[C@@H](O)[C@H]2O)[C@H](O)[C@@H]1O. The van der Waals surface area contributed by atoms with E-state index in [1.807, 2.05) is 6.08 Å². The van der Waals surface area contributed by atoms with Crippen molar-refractivity contribution in [3.63, 3.8) is 0 Å². The Bertz CT molecular complexity index is 709. The van der Waals surface area contributed by atoms with Crippen LogP contribution in [0.1, 0.15) is 44.9 Å². The van der Waals surface area contributed by atoms with Crippen molar-refractivity contribution in [2.45, 2.75) is 106 Å². The summed E-state index contributed by atoms with van der Waals surface area (Å²) >= 11 is 0. The van der Waals surface area contributed by atoms with E-state index in [4.69, 9.17) is 23.3 Å². The Hall–Kier alpha value is -0.550. The van der Waals surface area contributed by atoms with E-state index >= 15 is 0 Å². The first-order chi connectivity index (χ1) is 17.6. The summed E-state index contributed by atoms with van der Waals surface area (Å²) in [5.41, 5.74) is 0. The molecule has 2 heterocycles. The van der Waals surface area contributed by atoms with Crippen LogP contribution in [-0.2, 0) is 27.8 Å².